The van der Waals surface area contributed by atoms with Crippen molar-refractivity contribution in [1.82, 2.24) is 0 Å². The molecule has 0 saturated carbocycles. The summed E-state index contributed by atoms with van der Waals surface area (Å²) in [4.78, 5) is 12.6. The lowest BCUT2D eigenvalue weighted by Gasteiger charge is -2.14. The molecular weight excluding hydrogens is 266 g/mol. The molecule has 0 amide bonds. The Morgan fingerprint density at radius 3 is 2.62 bits per heavy atom. The van der Waals surface area contributed by atoms with E-state index in [9.17, 15) is 4.79 Å². The highest BCUT2D eigenvalue weighted by Crippen LogP contribution is 2.28. The number of benzene rings is 2. The molecule has 0 radical (unpaired) electrons. The van der Waals surface area contributed by atoms with Gasteiger partial charge in [-0.1, -0.05) is 24.3 Å². The zero-order chi connectivity index (χ0) is 15.2. The number of ether oxygens (including phenoxy) is 1. The number of hydrogen-bond acceptors (Lipinski definition) is 3. The summed E-state index contributed by atoms with van der Waals surface area (Å²) in [5.41, 5.74) is 1.75. The van der Waals surface area contributed by atoms with Gasteiger partial charge in [0.05, 0.1) is 0 Å². The van der Waals surface area contributed by atoms with Crippen LogP contribution >= 0.6 is 0 Å². The first-order valence-electron chi connectivity index (χ1n) is 6.51. The van der Waals surface area contributed by atoms with E-state index in [1.165, 1.54) is 6.08 Å². The number of hydrogen-bond donors (Lipinski definition) is 1. The smallest absolute Gasteiger partial charge is 0.328 e. The molecule has 0 unspecified atom stereocenters. The Hall–Kier alpha value is -2.75. The Labute approximate surface area is 123 Å². The van der Waals surface area contributed by atoms with Gasteiger partial charge in [0.15, 0.2) is 0 Å². The largest absolute Gasteiger partial charge is 0.478 e. The minimum Gasteiger partial charge on any atom is -0.478 e. The van der Waals surface area contributed by atoms with Gasteiger partial charge in [-0.25, -0.2) is 4.79 Å². The fraction of sp³-hybridized carbons (Fsp3) is 0.118. The van der Waals surface area contributed by atoms with Crippen LogP contribution in [0.3, 0.4) is 0 Å². The van der Waals surface area contributed by atoms with Gasteiger partial charge in [-0.05, 0) is 24.3 Å². The van der Waals surface area contributed by atoms with Crippen LogP contribution in [0.4, 0.5) is 5.69 Å². The molecule has 0 atom stereocenters. The molecule has 4 nitrogen and oxygen atoms in total. The Kier molecular flexibility index (Phi) is 4.61. The number of anilines is 1. The lowest BCUT2D eigenvalue weighted by molar-refractivity contribution is -0.131. The first-order chi connectivity index (χ1) is 10.1. The average molecular weight is 283 g/mol. The van der Waals surface area contributed by atoms with Crippen molar-refractivity contribution in [2.24, 2.45) is 0 Å². The molecule has 0 saturated heterocycles. The van der Waals surface area contributed by atoms with E-state index in [4.69, 9.17) is 9.84 Å². The number of carboxylic acid groups (broad SMARTS) is 1. The number of carbonyl (C=O) groups is 1. The summed E-state index contributed by atoms with van der Waals surface area (Å²) in [5.74, 6) is 0.336. The van der Waals surface area contributed by atoms with Gasteiger partial charge in [-0.15, -0.1) is 0 Å². The van der Waals surface area contributed by atoms with Gasteiger partial charge in [0, 0.05) is 37.5 Å². The van der Waals surface area contributed by atoms with Crippen LogP contribution in [0, 0.1) is 0 Å². The first-order valence-corrected chi connectivity index (χ1v) is 6.51. The van der Waals surface area contributed by atoms with Crippen molar-refractivity contribution in [2.45, 2.75) is 0 Å². The van der Waals surface area contributed by atoms with Crippen LogP contribution in [0.1, 0.15) is 5.56 Å². The molecular formula is C17H17NO3. The van der Waals surface area contributed by atoms with E-state index in [0.717, 1.165) is 17.3 Å². The lowest BCUT2D eigenvalue weighted by atomic mass is 10.2. The zero-order valence-corrected chi connectivity index (χ0v) is 12.0. The maximum Gasteiger partial charge on any atom is 0.328 e. The van der Waals surface area contributed by atoms with Gasteiger partial charge in [0.25, 0.3) is 0 Å². The maximum atomic E-state index is 10.6. The van der Waals surface area contributed by atoms with Crippen LogP contribution in [0.2, 0.25) is 0 Å². The molecule has 21 heavy (non-hydrogen) atoms. The molecule has 0 aliphatic heterocycles. The van der Waals surface area contributed by atoms with E-state index in [2.05, 4.69) is 0 Å². The monoisotopic (exact) mass is 283 g/mol. The van der Waals surface area contributed by atoms with Crippen molar-refractivity contribution < 1.29 is 14.6 Å². The van der Waals surface area contributed by atoms with E-state index in [1.807, 2.05) is 67.5 Å². The van der Waals surface area contributed by atoms with Gasteiger partial charge >= 0.3 is 5.97 Å². The Morgan fingerprint density at radius 2 is 1.90 bits per heavy atom. The third kappa shape index (κ3) is 4.11. The van der Waals surface area contributed by atoms with Crippen LogP contribution in [0.15, 0.2) is 54.6 Å². The fourth-order valence-corrected chi connectivity index (χ4v) is 1.82. The summed E-state index contributed by atoms with van der Waals surface area (Å²) in [6.07, 6.45) is 2.62. The third-order valence-corrected chi connectivity index (χ3v) is 2.89. The number of rotatable bonds is 5. The summed E-state index contributed by atoms with van der Waals surface area (Å²) in [6.45, 7) is 0. The van der Waals surface area contributed by atoms with Gasteiger partial charge in [-0.3, -0.25) is 0 Å². The van der Waals surface area contributed by atoms with Crippen molar-refractivity contribution in [3.63, 3.8) is 0 Å². The van der Waals surface area contributed by atoms with Gasteiger partial charge in [0.2, 0.25) is 0 Å². The first kappa shape index (κ1) is 14.7. The molecule has 0 bridgehead atoms. The van der Waals surface area contributed by atoms with Crippen molar-refractivity contribution in [3.8, 4) is 11.5 Å². The molecule has 2 rings (SSSR count). The second-order valence-corrected chi connectivity index (χ2v) is 4.70. The van der Waals surface area contributed by atoms with Crippen LogP contribution in [-0.4, -0.2) is 25.2 Å². The fourth-order valence-electron chi connectivity index (χ4n) is 1.82. The molecule has 108 valence electrons. The molecule has 0 aliphatic carbocycles. The lowest BCUT2D eigenvalue weighted by Crippen LogP contribution is -2.08. The van der Waals surface area contributed by atoms with Crippen LogP contribution in [0.25, 0.3) is 6.08 Å². The Balaban J connectivity index is 2.27. The van der Waals surface area contributed by atoms with Crippen molar-refractivity contribution in [1.29, 1.82) is 0 Å². The Morgan fingerprint density at radius 1 is 1.14 bits per heavy atom. The number of aliphatic carboxylic acids is 1. The van der Waals surface area contributed by atoms with Gasteiger partial charge in [-0.2, -0.15) is 0 Å². The second-order valence-electron chi connectivity index (χ2n) is 4.70. The number of para-hydroxylation sites is 1. The molecule has 0 aliphatic rings. The molecule has 0 aromatic heterocycles. The minimum absolute atomic E-state index is 0.617. The number of nitrogens with zero attached hydrogens (tertiary/aromatic N) is 1. The summed E-state index contributed by atoms with van der Waals surface area (Å²) in [7, 11) is 3.92. The van der Waals surface area contributed by atoms with E-state index < -0.39 is 5.97 Å². The van der Waals surface area contributed by atoms with Crippen molar-refractivity contribution in [2.75, 3.05) is 19.0 Å². The Bertz CT molecular complexity index is 663. The predicted molar refractivity (Wildman–Crippen MR) is 84.0 cm³/mol. The maximum absolute atomic E-state index is 10.6. The van der Waals surface area contributed by atoms with Crippen molar-refractivity contribution >= 4 is 17.7 Å². The minimum atomic E-state index is -0.987. The quantitative estimate of drug-likeness (QED) is 0.851. The van der Waals surface area contributed by atoms with Crippen molar-refractivity contribution in [3.05, 3.63) is 60.2 Å². The van der Waals surface area contributed by atoms with Gasteiger partial charge < -0.3 is 14.7 Å². The predicted octanol–water partition coefficient (Wildman–Crippen LogP) is 3.64. The molecule has 0 fully saturated rings. The van der Waals surface area contributed by atoms with E-state index >= 15 is 0 Å². The summed E-state index contributed by atoms with van der Waals surface area (Å²) < 4.78 is 5.86. The molecule has 0 heterocycles. The molecule has 0 spiro atoms. The van der Waals surface area contributed by atoms with Crippen LogP contribution in [-0.2, 0) is 4.79 Å². The molecule has 2 aromatic carbocycles. The van der Waals surface area contributed by atoms with E-state index in [-0.39, 0.29) is 0 Å². The van der Waals surface area contributed by atoms with Crippen LogP contribution in [0.5, 0.6) is 11.5 Å². The average Bonchev–Trinajstić information content (AvgIpc) is 2.46. The van der Waals surface area contributed by atoms with E-state index in [1.54, 1.807) is 0 Å². The third-order valence-electron chi connectivity index (χ3n) is 2.89. The molecule has 1 N–H and O–H groups in total. The highest BCUT2D eigenvalue weighted by atomic mass is 16.5. The summed E-state index contributed by atoms with van der Waals surface area (Å²) in [6, 6.07) is 15.0. The normalized spacial score (nSPS) is 10.6. The van der Waals surface area contributed by atoms with Crippen LogP contribution < -0.4 is 9.64 Å². The number of carboxylic acids is 1. The summed E-state index contributed by atoms with van der Waals surface area (Å²) >= 11 is 0. The van der Waals surface area contributed by atoms with E-state index in [0.29, 0.717) is 11.5 Å². The second kappa shape index (κ2) is 6.61. The molecule has 2 aromatic rings. The highest BCUT2D eigenvalue weighted by Gasteiger charge is 2.04. The zero-order valence-electron chi connectivity index (χ0n) is 12.0. The standard InChI is InChI=1S/C17H17NO3/c1-18(2)14-7-5-8-15(12-14)21-16-9-4-3-6-13(16)10-11-17(19)20/h3-12H,1-2H3,(H,19,20)/b11-10+. The highest BCUT2D eigenvalue weighted by molar-refractivity contribution is 5.85. The SMILES string of the molecule is CN(C)c1cccc(Oc2ccccc2/C=C/C(=O)O)c1. The van der Waals surface area contributed by atoms with Gasteiger partial charge in [0.1, 0.15) is 11.5 Å². The topological polar surface area (TPSA) is 49.8 Å². The molecule has 4 heteroatoms. The summed E-state index contributed by atoms with van der Waals surface area (Å²) in [5, 5.41) is 8.72.